The average molecular weight is 256 g/mol. The van der Waals surface area contributed by atoms with Crippen LogP contribution in [0, 0.1) is 12.0 Å². The van der Waals surface area contributed by atoms with Crippen LogP contribution in [0.1, 0.15) is 0 Å². The van der Waals surface area contributed by atoms with Gasteiger partial charge >= 0.3 is 6.36 Å². The van der Waals surface area contributed by atoms with E-state index in [2.05, 4.69) is 15.9 Å². The van der Waals surface area contributed by atoms with Gasteiger partial charge in [-0.05, 0) is 30.3 Å². The Balaban J connectivity index is 2.31. The summed E-state index contributed by atoms with van der Waals surface area (Å²) in [5.41, 5.74) is 0.758. The summed E-state index contributed by atoms with van der Waals surface area (Å²) in [5.74, 6) is -1.97. The highest BCUT2D eigenvalue weighted by Gasteiger charge is 2.32. The second-order valence-corrected chi connectivity index (χ2v) is 3.34. The summed E-state index contributed by atoms with van der Waals surface area (Å²) in [7, 11) is 0. The predicted octanol–water partition coefficient (Wildman–Crippen LogP) is 3.59. The fourth-order valence-electron chi connectivity index (χ4n) is 1.35. The van der Waals surface area contributed by atoms with Crippen LogP contribution in [0.4, 0.5) is 17.6 Å². The lowest BCUT2D eigenvalue weighted by atomic mass is 10.1. The number of benzene rings is 1. The Morgan fingerprint density at radius 2 is 1.94 bits per heavy atom. The van der Waals surface area contributed by atoms with Crippen molar-refractivity contribution in [2.45, 2.75) is 6.36 Å². The number of ether oxygens (including phenoxy) is 1. The zero-order valence-electron chi connectivity index (χ0n) is 8.83. The molecular formula is C12H6F4NO. The maximum absolute atomic E-state index is 13.4. The lowest BCUT2D eigenvalue weighted by Crippen LogP contribution is -2.17. The van der Waals surface area contributed by atoms with Gasteiger partial charge in [0.1, 0.15) is 0 Å². The van der Waals surface area contributed by atoms with Crippen LogP contribution >= 0.6 is 0 Å². The number of aromatic nitrogens is 1. The maximum Gasteiger partial charge on any atom is 0.573 e. The first-order valence-electron chi connectivity index (χ1n) is 4.84. The molecule has 1 heterocycles. The van der Waals surface area contributed by atoms with Gasteiger partial charge in [0.05, 0.1) is 11.9 Å². The van der Waals surface area contributed by atoms with Gasteiger partial charge in [0.25, 0.3) is 0 Å². The van der Waals surface area contributed by atoms with Gasteiger partial charge in [0, 0.05) is 5.56 Å². The molecule has 0 aliphatic heterocycles. The van der Waals surface area contributed by atoms with E-state index in [0.717, 1.165) is 12.1 Å². The zero-order valence-corrected chi connectivity index (χ0v) is 8.83. The molecule has 2 rings (SSSR count). The Bertz CT molecular complexity index is 540. The number of nitrogens with zero attached hydrogens (tertiary/aromatic N) is 1. The van der Waals surface area contributed by atoms with E-state index < -0.39 is 17.9 Å². The minimum atomic E-state index is -4.92. The Morgan fingerprint density at radius 1 is 1.17 bits per heavy atom. The zero-order chi connectivity index (χ0) is 13.2. The molecule has 0 saturated carbocycles. The van der Waals surface area contributed by atoms with Crippen molar-refractivity contribution in [1.82, 2.24) is 4.98 Å². The number of rotatable bonds is 2. The van der Waals surface area contributed by atoms with E-state index in [0.29, 0.717) is 11.3 Å². The van der Waals surface area contributed by atoms with Gasteiger partial charge in [-0.15, -0.1) is 13.2 Å². The van der Waals surface area contributed by atoms with E-state index in [1.54, 1.807) is 18.2 Å². The molecule has 0 saturated heterocycles. The maximum atomic E-state index is 13.4. The van der Waals surface area contributed by atoms with Crippen LogP contribution in [0.25, 0.3) is 11.3 Å². The van der Waals surface area contributed by atoms with Crippen molar-refractivity contribution in [2.75, 3.05) is 0 Å². The Kier molecular flexibility index (Phi) is 3.18. The molecular weight excluding hydrogens is 250 g/mol. The van der Waals surface area contributed by atoms with Crippen LogP contribution in [-0.4, -0.2) is 11.3 Å². The number of alkyl halides is 3. The molecule has 0 bridgehead atoms. The summed E-state index contributed by atoms with van der Waals surface area (Å²) in [5, 5.41) is 0. The summed E-state index contributed by atoms with van der Waals surface area (Å²) in [6.07, 6.45) is -2.37. The summed E-state index contributed by atoms with van der Waals surface area (Å²) in [6, 6.07) is 7.92. The topological polar surface area (TPSA) is 22.1 Å². The van der Waals surface area contributed by atoms with E-state index >= 15 is 0 Å². The molecule has 2 aromatic rings. The highest BCUT2D eigenvalue weighted by Crippen LogP contribution is 2.28. The third kappa shape index (κ3) is 2.97. The Labute approximate surface area is 99.8 Å². The summed E-state index contributed by atoms with van der Waals surface area (Å²) < 4.78 is 52.7. The summed E-state index contributed by atoms with van der Waals surface area (Å²) in [4.78, 5) is 3.84. The van der Waals surface area contributed by atoms with Gasteiger partial charge in [-0.2, -0.15) is 0 Å². The Hall–Kier alpha value is -2.11. The molecule has 1 radical (unpaired) electrons. The molecule has 2 nitrogen and oxygen atoms in total. The van der Waals surface area contributed by atoms with Crippen molar-refractivity contribution in [1.29, 1.82) is 0 Å². The van der Waals surface area contributed by atoms with Crippen LogP contribution in [0.3, 0.4) is 0 Å². The summed E-state index contributed by atoms with van der Waals surface area (Å²) in [6.45, 7) is 0. The van der Waals surface area contributed by atoms with Gasteiger partial charge in [-0.3, -0.25) is 0 Å². The van der Waals surface area contributed by atoms with Crippen LogP contribution in [0.5, 0.6) is 5.75 Å². The van der Waals surface area contributed by atoms with Crippen molar-refractivity contribution < 1.29 is 22.3 Å². The SMILES string of the molecule is Fc1cc(-c2ccc[c]n2)ccc1OC(F)(F)F. The molecule has 0 aliphatic carbocycles. The van der Waals surface area contributed by atoms with Gasteiger partial charge in [0.15, 0.2) is 11.6 Å². The van der Waals surface area contributed by atoms with Crippen molar-refractivity contribution in [3.63, 3.8) is 0 Å². The smallest absolute Gasteiger partial charge is 0.403 e. The highest BCUT2D eigenvalue weighted by molar-refractivity contribution is 5.60. The van der Waals surface area contributed by atoms with Crippen LogP contribution in [0.15, 0.2) is 36.4 Å². The van der Waals surface area contributed by atoms with Gasteiger partial charge < -0.3 is 4.74 Å². The molecule has 0 atom stereocenters. The Morgan fingerprint density at radius 3 is 2.50 bits per heavy atom. The van der Waals surface area contributed by atoms with E-state index in [9.17, 15) is 17.6 Å². The first kappa shape index (κ1) is 12.3. The highest BCUT2D eigenvalue weighted by atomic mass is 19.4. The summed E-state index contributed by atoms with van der Waals surface area (Å²) >= 11 is 0. The average Bonchev–Trinajstić information content (AvgIpc) is 2.31. The minimum absolute atomic E-state index is 0.346. The molecule has 0 amide bonds. The van der Waals surface area contributed by atoms with Crippen molar-refractivity contribution in [2.24, 2.45) is 0 Å². The van der Waals surface area contributed by atoms with Crippen LogP contribution in [-0.2, 0) is 0 Å². The van der Waals surface area contributed by atoms with Gasteiger partial charge in [0.2, 0.25) is 0 Å². The lowest BCUT2D eigenvalue weighted by molar-refractivity contribution is -0.275. The molecule has 93 valence electrons. The standard InChI is InChI=1S/C12H6F4NO/c13-9-7-8(10-3-1-2-6-17-10)4-5-11(9)18-12(14,15)16/h1-5,7H. The van der Waals surface area contributed by atoms with E-state index in [1.807, 2.05) is 0 Å². The molecule has 0 unspecified atom stereocenters. The van der Waals surface area contributed by atoms with Crippen LogP contribution < -0.4 is 4.74 Å². The van der Waals surface area contributed by atoms with Gasteiger partial charge in [-0.1, -0.05) is 6.07 Å². The first-order chi connectivity index (χ1) is 8.46. The third-order valence-corrected chi connectivity index (χ3v) is 2.06. The van der Waals surface area contributed by atoms with E-state index in [-0.39, 0.29) is 0 Å². The van der Waals surface area contributed by atoms with Gasteiger partial charge in [-0.25, -0.2) is 9.37 Å². The van der Waals surface area contributed by atoms with Crippen molar-refractivity contribution >= 4 is 0 Å². The first-order valence-corrected chi connectivity index (χ1v) is 4.84. The normalized spacial score (nSPS) is 11.3. The molecule has 6 heteroatoms. The third-order valence-electron chi connectivity index (χ3n) is 2.06. The fraction of sp³-hybridized carbons (Fsp3) is 0.0833. The van der Waals surface area contributed by atoms with Crippen molar-refractivity contribution in [3.8, 4) is 17.0 Å². The number of hydrogen-bond donors (Lipinski definition) is 0. The van der Waals surface area contributed by atoms with E-state index in [1.165, 1.54) is 6.07 Å². The molecule has 0 aliphatic rings. The monoisotopic (exact) mass is 256 g/mol. The lowest BCUT2D eigenvalue weighted by Gasteiger charge is -2.10. The van der Waals surface area contributed by atoms with Crippen LogP contribution in [0.2, 0.25) is 0 Å². The second kappa shape index (κ2) is 4.64. The molecule has 1 aromatic heterocycles. The van der Waals surface area contributed by atoms with Crippen molar-refractivity contribution in [3.05, 3.63) is 48.4 Å². The fourth-order valence-corrected chi connectivity index (χ4v) is 1.35. The molecule has 18 heavy (non-hydrogen) atoms. The van der Waals surface area contributed by atoms with E-state index in [4.69, 9.17) is 0 Å². The largest absolute Gasteiger partial charge is 0.573 e. The predicted molar refractivity (Wildman–Crippen MR) is 55.2 cm³/mol. The molecule has 0 spiro atoms. The number of hydrogen-bond acceptors (Lipinski definition) is 2. The number of halogens is 4. The molecule has 0 fully saturated rings. The molecule has 0 N–H and O–H groups in total. The number of pyridine rings is 1. The second-order valence-electron chi connectivity index (χ2n) is 3.34. The quantitative estimate of drug-likeness (QED) is 0.766. The molecule has 1 aromatic carbocycles. The minimum Gasteiger partial charge on any atom is -0.403 e.